The number of hydrogen-bond acceptors (Lipinski definition) is 3. The summed E-state index contributed by atoms with van der Waals surface area (Å²) in [5, 5.41) is 16.3. The summed E-state index contributed by atoms with van der Waals surface area (Å²) >= 11 is 20.6. The quantitative estimate of drug-likeness (QED) is 0.402. The van der Waals surface area contributed by atoms with Crippen LogP contribution >= 0.6 is 51.3 Å². The van der Waals surface area contributed by atoms with Gasteiger partial charge in [0.2, 0.25) is 0 Å². The first-order valence-corrected chi connectivity index (χ1v) is 9.75. The highest BCUT2D eigenvalue weighted by molar-refractivity contribution is 9.10. The number of carboxylic acids is 1. The van der Waals surface area contributed by atoms with Gasteiger partial charge in [0.05, 0.1) is 16.3 Å². The van der Waals surface area contributed by atoms with Gasteiger partial charge < -0.3 is 10.4 Å². The highest BCUT2D eigenvalue weighted by atomic mass is 79.9. The van der Waals surface area contributed by atoms with Crippen LogP contribution in [0.25, 0.3) is 10.8 Å². The van der Waals surface area contributed by atoms with E-state index in [0.29, 0.717) is 5.56 Å². The van der Waals surface area contributed by atoms with Crippen LogP contribution in [-0.2, 0) is 0 Å². The number of amides is 1. The predicted molar refractivity (Wildman–Crippen MR) is 119 cm³/mol. The second kappa shape index (κ2) is 8.45. The fourth-order valence-corrected chi connectivity index (χ4v) is 3.89. The van der Waals surface area contributed by atoms with Gasteiger partial charge in [0, 0.05) is 15.1 Å². The molecule has 0 bridgehead atoms. The molecule has 3 N–H and O–H groups in total. The third-order valence-corrected chi connectivity index (χ3v) is 5.28. The third kappa shape index (κ3) is 4.28. The van der Waals surface area contributed by atoms with Gasteiger partial charge in [-0.15, -0.1) is 0 Å². The zero-order valence-corrected chi connectivity index (χ0v) is 17.8. The molecule has 142 valence electrons. The van der Waals surface area contributed by atoms with Gasteiger partial charge in [-0.3, -0.25) is 10.1 Å². The lowest BCUT2D eigenvalue weighted by molar-refractivity contribution is 0.0697. The van der Waals surface area contributed by atoms with Gasteiger partial charge in [0.15, 0.2) is 5.11 Å². The van der Waals surface area contributed by atoms with Gasteiger partial charge in [-0.25, -0.2) is 4.79 Å². The van der Waals surface area contributed by atoms with Crippen LogP contribution in [0.2, 0.25) is 10.0 Å². The van der Waals surface area contributed by atoms with Gasteiger partial charge in [-0.1, -0.05) is 63.4 Å². The Morgan fingerprint density at radius 1 is 1.00 bits per heavy atom. The van der Waals surface area contributed by atoms with E-state index >= 15 is 0 Å². The van der Waals surface area contributed by atoms with Crippen molar-refractivity contribution in [3.05, 3.63) is 74.2 Å². The Morgan fingerprint density at radius 2 is 1.68 bits per heavy atom. The molecule has 1 amide bonds. The number of carbonyl (C=O) groups excluding carboxylic acids is 1. The van der Waals surface area contributed by atoms with Gasteiger partial charge in [-0.2, -0.15) is 0 Å². The molecule has 0 atom stereocenters. The molecular weight excluding hydrogens is 487 g/mol. The molecule has 5 nitrogen and oxygen atoms in total. The smallest absolute Gasteiger partial charge is 0.337 e. The van der Waals surface area contributed by atoms with Crippen molar-refractivity contribution < 1.29 is 14.7 Å². The molecule has 0 spiro atoms. The number of hydrogen-bond donors (Lipinski definition) is 3. The first-order valence-electron chi connectivity index (χ1n) is 7.80. The molecule has 0 aliphatic rings. The van der Waals surface area contributed by atoms with E-state index in [-0.39, 0.29) is 26.4 Å². The molecule has 3 rings (SSSR count). The number of fused-ring (bicyclic) bond motifs is 1. The monoisotopic (exact) mass is 496 g/mol. The molecule has 0 unspecified atom stereocenters. The average Bonchev–Trinajstić information content (AvgIpc) is 2.63. The summed E-state index contributed by atoms with van der Waals surface area (Å²) in [6, 6.07) is 13.5. The van der Waals surface area contributed by atoms with Gasteiger partial charge in [0.1, 0.15) is 0 Å². The van der Waals surface area contributed by atoms with Crippen molar-refractivity contribution in [2.24, 2.45) is 0 Å². The summed E-state index contributed by atoms with van der Waals surface area (Å²) in [5.41, 5.74) is 0.302. The number of benzene rings is 3. The number of thiocarbonyl (C=S) groups is 1. The van der Waals surface area contributed by atoms with E-state index in [9.17, 15) is 14.7 Å². The molecule has 0 saturated heterocycles. The Hall–Kier alpha value is -2.19. The standard InChI is InChI=1S/C19H11BrCl2N2O3S/c20-14-6-2-3-10-11(14)4-1-5-12(10)17(25)24-19(28)23-16-13(18(26)27)7-9(21)8-15(16)22/h1-8H,(H,26,27)(H2,23,24,25,28). The summed E-state index contributed by atoms with van der Waals surface area (Å²) in [5.74, 6) is -1.68. The Labute approximate surface area is 183 Å². The van der Waals surface area contributed by atoms with Crippen LogP contribution < -0.4 is 10.6 Å². The minimum absolute atomic E-state index is 0.0459. The molecule has 3 aromatic carbocycles. The third-order valence-electron chi connectivity index (χ3n) is 3.86. The fraction of sp³-hybridized carbons (Fsp3) is 0. The van der Waals surface area contributed by atoms with Crippen LogP contribution in [0.1, 0.15) is 20.7 Å². The topological polar surface area (TPSA) is 78.4 Å². The number of anilines is 1. The molecule has 0 aliphatic heterocycles. The van der Waals surface area contributed by atoms with Crippen molar-refractivity contribution in [1.82, 2.24) is 5.32 Å². The SMILES string of the molecule is O=C(O)c1cc(Cl)cc(Cl)c1NC(=S)NC(=O)c1cccc2c(Br)cccc12. The number of carboxylic acid groups (broad SMARTS) is 1. The number of carbonyl (C=O) groups is 2. The summed E-state index contributed by atoms with van der Waals surface area (Å²) in [6.07, 6.45) is 0. The van der Waals surface area contributed by atoms with E-state index in [1.54, 1.807) is 12.1 Å². The van der Waals surface area contributed by atoms with Crippen LogP contribution in [-0.4, -0.2) is 22.1 Å². The van der Waals surface area contributed by atoms with Crippen LogP contribution in [0.15, 0.2) is 53.0 Å². The molecule has 0 heterocycles. The lowest BCUT2D eigenvalue weighted by Gasteiger charge is -2.14. The van der Waals surface area contributed by atoms with Gasteiger partial charge in [-0.05, 0) is 47.3 Å². The molecular formula is C19H11BrCl2N2O3S. The maximum absolute atomic E-state index is 12.7. The Balaban J connectivity index is 1.87. The molecule has 0 aliphatic carbocycles. The largest absolute Gasteiger partial charge is 0.478 e. The van der Waals surface area contributed by atoms with E-state index in [1.807, 2.05) is 24.3 Å². The molecule has 0 fully saturated rings. The summed E-state index contributed by atoms with van der Waals surface area (Å²) in [4.78, 5) is 24.1. The lowest BCUT2D eigenvalue weighted by Crippen LogP contribution is -2.34. The van der Waals surface area contributed by atoms with Crippen LogP contribution in [0, 0.1) is 0 Å². The van der Waals surface area contributed by atoms with Crippen molar-refractivity contribution in [3.8, 4) is 0 Å². The maximum Gasteiger partial charge on any atom is 0.337 e. The minimum atomic E-state index is -1.24. The lowest BCUT2D eigenvalue weighted by atomic mass is 10.0. The Kier molecular flexibility index (Phi) is 6.20. The normalized spacial score (nSPS) is 10.5. The zero-order valence-electron chi connectivity index (χ0n) is 13.9. The molecule has 0 radical (unpaired) electrons. The summed E-state index contributed by atoms with van der Waals surface area (Å²) in [6.45, 7) is 0. The highest BCUT2D eigenvalue weighted by Gasteiger charge is 2.18. The second-order valence-corrected chi connectivity index (χ2v) is 7.77. The Bertz CT molecular complexity index is 1140. The minimum Gasteiger partial charge on any atom is -0.478 e. The van der Waals surface area contributed by atoms with Crippen molar-refractivity contribution in [3.63, 3.8) is 0 Å². The van der Waals surface area contributed by atoms with Crippen molar-refractivity contribution in [2.75, 3.05) is 5.32 Å². The first-order chi connectivity index (χ1) is 13.3. The zero-order chi connectivity index (χ0) is 20.4. The van der Waals surface area contributed by atoms with E-state index in [0.717, 1.165) is 15.2 Å². The van der Waals surface area contributed by atoms with Crippen molar-refractivity contribution in [1.29, 1.82) is 0 Å². The fourth-order valence-electron chi connectivity index (χ4n) is 2.65. The molecule has 28 heavy (non-hydrogen) atoms. The van der Waals surface area contributed by atoms with Gasteiger partial charge >= 0.3 is 5.97 Å². The molecule has 0 saturated carbocycles. The number of nitrogens with one attached hydrogen (secondary N) is 2. The second-order valence-electron chi connectivity index (χ2n) is 5.66. The first kappa shape index (κ1) is 20.5. The number of aromatic carboxylic acids is 1. The van der Waals surface area contributed by atoms with Crippen molar-refractivity contribution in [2.45, 2.75) is 0 Å². The summed E-state index contributed by atoms with van der Waals surface area (Å²) in [7, 11) is 0. The number of rotatable bonds is 3. The van der Waals surface area contributed by atoms with E-state index < -0.39 is 11.9 Å². The maximum atomic E-state index is 12.7. The molecule has 3 aromatic rings. The van der Waals surface area contributed by atoms with Crippen molar-refractivity contribution >= 4 is 84.8 Å². The van der Waals surface area contributed by atoms with Gasteiger partial charge in [0.25, 0.3) is 5.91 Å². The number of halogens is 3. The van der Waals surface area contributed by atoms with E-state index in [4.69, 9.17) is 35.4 Å². The van der Waals surface area contributed by atoms with Crippen LogP contribution in [0.4, 0.5) is 5.69 Å². The highest BCUT2D eigenvalue weighted by Crippen LogP contribution is 2.30. The Morgan fingerprint density at radius 3 is 2.39 bits per heavy atom. The summed E-state index contributed by atoms with van der Waals surface area (Å²) < 4.78 is 0.861. The van der Waals surface area contributed by atoms with Crippen LogP contribution in [0.3, 0.4) is 0 Å². The van der Waals surface area contributed by atoms with E-state index in [2.05, 4.69) is 26.6 Å². The van der Waals surface area contributed by atoms with E-state index in [1.165, 1.54) is 12.1 Å². The molecule has 0 aromatic heterocycles. The molecule has 9 heteroatoms. The van der Waals surface area contributed by atoms with Crippen LogP contribution in [0.5, 0.6) is 0 Å². The predicted octanol–water partition coefficient (Wildman–Crippen LogP) is 5.73. The average molecular weight is 498 g/mol.